The molecule has 0 spiro atoms. The van der Waals surface area contributed by atoms with Gasteiger partial charge in [0.05, 0.1) is 5.75 Å². The van der Waals surface area contributed by atoms with Crippen molar-refractivity contribution in [1.29, 1.82) is 0 Å². The highest BCUT2D eigenvalue weighted by molar-refractivity contribution is 7.89. The largest absolute Gasteiger partial charge is 0.484 e. The molecule has 0 unspecified atom stereocenters. The quantitative estimate of drug-likeness (QED) is 0.711. The number of carboxylic acids is 1. The van der Waals surface area contributed by atoms with Crippen LogP contribution in [0.2, 0.25) is 0 Å². The second-order valence-corrected chi connectivity index (χ2v) is 8.31. The zero-order chi connectivity index (χ0) is 19.2. The van der Waals surface area contributed by atoms with Crippen molar-refractivity contribution >= 4 is 21.9 Å². The Morgan fingerprint density at radius 1 is 1.23 bits per heavy atom. The van der Waals surface area contributed by atoms with Gasteiger partial charge in [0, 0.05) is 19.1 Å². The summed E-state index contributed by atoms with van der Waals surface area (Å²) in [6.45, 7) is 1.46. The van der Waals surface area contributed by atoms with Crippen molar-refractivity contribution in [3.63, 3.8) is 0 Å². The van der Waals surface area contributed by atoms with Crippen LogP contribution in [-0.2, 0) is 19.6 Å². The Morgan fingerprint density at radius 2 is 1.85 bits per heavy atom. The summed E-state index contributed by atoms with van der Waals surface area (Å²) >= 11 is 0. The number of carbonyl (C=O) groups is 2. The normalized spacial score (nSPS) is 16.2. The molecule has 144 valence electrons. The minimum absolute atomic E-state index is 0.0281. The van der Waals surface area contributed by atoms with E-state index in [4.69, 9.17) is 9.84 Å². The zero-order valence-electron chi connectivity index (χ0n) is 14.7. The second-order valence-electron chi connectivity index (χ2n) is 6.05. The summed E-state index contributed by atoms with van der Waals surface area (Å²) in [7, 11) is -3.27. The van der Waals surface area contributed by atoms with Gasteiger partial charge in [-0.3, -0.25) is 9.59 Å². The number of para-hydroxylation sites is 1. The first-order chi connectivity index (χ1) is 12.3. The van der Waals surface area contributed by atoms with Crippen LogP contribution in [0, 0.1) is 0 Å². The number of amides is 1. The third kappa shape index (κ3) is 5.43. The molecule has 0 bridgehead atoms. The van der Waals surface area contributed by atoms with Gasteiger partial charge in [-0.2, -0.15) is 0 Å². The van der Waals surface area contributed by atoms with Gasteiger partial charge in [-0.1, -0.05) is 18.2 Å². The van der Waals surface area contributed by atoms with Crippen LogP contribution in [0.5, 0.6) is 5.75 Å². The van der Waals surface area contributed by atoms with Gasteiger partial charge in [-0.05, 0) is 31.9 Å². The van der Waals surface area contributed by atoms with Gasteiger partial charge in [-0.15, -0.1) is 0 Å². The van der Waals surface area contributed by atoms with E-state index in [0.29, 0.717) is 18.6 Å². The van der Waals surface area contributed by atoms with Crippen LogP contribution in [0.3, 0.4) is 0 Å². The molecule has 1 N–H and O–H groups in total. The van der Waals surface area contributed by atoms with E-state index in [9.17, 15) is 18.0 Å². The SMILES string of the molecule is CCS(=O)(=O)N1CCC(N(CC(=O)O)C(=O)COc2ccccc2)CC1. The Morgan fingerprint density at radius 3 is 2.38 bits per heavy atom. The van der Waals surface area contributed by atoms with Crippen LogP contribution in [0.25, 0.3) is 0 Å². The number of sulfonamides is 1. The number of ether oxygens (including phenoxy) is 1. The molecular formula is C17H24N2O6S. The van der Waals surface area contributed by atoms with Gasteiger partial charge in [0.25, 0.3) is 5.91 Å². The van der Waals surface area contributed by atoms with Crippen LogP contribution in [0.1, 0.15) is 19.8 Å². The zero-order valence-corrected chi connectivity index (χ0v) is 15.5. The van der Waals surface area contributed by atoms with Crippen molar-refractivity contribution in [3.05, 3.63) is 30.3 Å². The van der Waals surface area contributed by atoms with Crippen molar-refractivity contribution in [1.82, 2.24) is 9.21 Å². The maximum Gasteiger partial charge on any atom is 0.323 e. The molecule has 1 aromatic carbocycles. The molecule has 2 rings (SSSR count). The minimum atomic E-state index is -3.27. The average Bonchev–Trinajstić information content (AvgIpc) is 2.65. The molecule has 0 radical (unpaired) electrons. The van der Waals surface area contributed by atoms with Crippen molar-refractivity contribution < 1.29 is 27.9 Å². The lowest BCUT2D eigenvalue weighted by molar-refractivity contribution is -0.147. The number of piperidine rings is 1. The summed E-state index contributed by atoms with van der Waals surface area (Å²) in [5, 5.41) is 9.13. The van der Waals surface area contributed by atoms with Crippen LogP contribution in [-0.4, -0.2) is 72.6 Å². The molecule has 8 nitrogen and oxygen atoms in total. The van der Waals surface area contributed by atoms with Crippen LogP contribution >= 0.6 is 0 Å². The van der Waals surface area contributed by atoms with Crippen molar-refractivity contribution in [2.45, 2.75) is 25.8 Å². The molecule has 1 heterocycles. The lowest BCUT2D eigenvalue weighted by atomic mass is 10.0. The number of rotatable bonds is 8. The Labute approximate surface area is 153 Å². The van der Waals surface area contributed by atoms with E-state index in [0.717, 1.165) is 0 Å². The van der Waals surface area contributed by atoms with Gasteiger partial charge in [0.1, 0.15) is 12.3 Å². The van der Waals surface area contributed by atoms with E-state index < -0.39 is 28.4 Å². The highest BCUT2D eigenvalue weighted by Gasteiger charge is 2.32. The van der Waals surface area contributed by atoms with Gasteiger partial charge in [0.15, 0.2) is 6.61 Å². The van der Waals surface area contributed by atoms with Crippen molar-refractivity contribution in [2.75, 3.05) is 32.0 Å². The summed E-state index contributed by atoms with van der Waals surface area (Å²) in [5.41, 5.74) is 0. The minimum Gasteiger partial charge on any atom is -0.484 e. The Balaban J connectivity index is 1.98. The third-order valence-corrected chi connectivity index (χ3v) is 6.24. The number of hydrogen-bond donors (Lipinski definition) is 1. The monoisotopic (exact) mass is 384 g/mol. The molecule has 26 heavy (non-hydrogen) atoms. The fourth-order valence-corrected chi connectivity index (χ4v) is 4.06. The Bertz CT molecular complexity index is 714. The van der Waals surface area contributed by atoms with Crippen LogP contribution in [0.4, 0.5) is 0 Å². The fraction of sp³-hybridized carbons (Fsp3) is 0.529. The van der Waals surface area contributed by atoms with Crippen LogP contribution in [0.15, 0.2) is 30.3 Å². The average molecular weight is 384 g/mol. The van der Waals surface area contributed by atoms with Gasteiger partial charge in [-0.25, -0.2) is 12.7 Å². The standard InChI is InChI=1S/C17H24N2O6S/c1-2-26(23,24)18-10-8-14(9-11-18)19(12-17(21)22)16(20)13-25-15-6-4-3-5-7-15/h3-7,14H,2,8-13H2,1H3,(H,21,22). The van der Waals surface area contributed by atoms with E-state index in [-0.39, 0.29) is 31.5 Å². The molecule has 1 aliphatic rings. The summed E-state index contributed by atoms with van der Waals surface area (Å²) in [5.74, 6) is -0.977. The maximum atomic E-state index is 12.5. The third-order valence-electron chi connectivity index (χ3n) is 4.35. The number of benzene rings is 1. The maximum absolute atomic E-state index is 12.5. The summed E-state index contributed by atoms with van der Waals surface area (Å²) in [4.78, 5) is 24.9. The van der Waals surface area contributed by atoms with Crippen LogP contribution < -0.4 is 4.74 Å². The molecule has 1 aromatic rings. The summed E-state index contributed by atoms with van der Waals surface area (Å²) in [6, 6.07) is 8.48. The Hall–Kier alpha value is -2.13. The molecule has 0 aromatic heterocycles. The highest BCUT2D eigenvalue weighted by Crippen LogP contribution is 2.20. The van der Waals surface area contributed by atoms with E-state index in [1.165, 1.54) is 9.21 Å². The first-order valence-electron chi connectivity index (χ1n) is 8.50. The Kier molecular flexibility index (Phi) is 6.98. The fourth-order valence-electron chi connectivity index (χ4n) is 2.93. The van der Waals surface area contributed by atoms with E-state index in [1.807, 2.05) is 6.07 Å². The smallest absolute Gasteiger partial charge is 0.323 e. The van der Waals surface area contributed by atoms with Crippen molar-refractivity contribution in [2.24, 2.45) is 0 Å². The molecule has 1 amide bonds. The van der Waals surface area contributed by atoms with Gasteiger partial charge < -0.3 is 14.7 Å². The predicted octanol–water partition coefficient (Wildman–Crippen LogP) is 0.793. The van der Waals surface area contributed by atoms with Crippen molar-refractivity contribution in [3.8, 4) is 5.75 Å². The molecule has 1 aliphatic heterocycles. The molecule has 0 saturated carbocycles. The number of nitrogens with zero attached hydrogens (tertiary/aromatic N) is 2. The second kappa shape index (κ2) is 9.00. The number of hydrogen-bond acceptors (Lipinski definition) is 5. The van der Waals surface area contributed by atoms with Gasteiger partial charge in [0.2, 0.25) is 10.0 Å². The van der Waals surface area contributed by atoms with E-state index >= 15 is 0 Å². The molecule has 0 aliphatic carbocycles. The molecule has 0 atom stereocenters. The summed E-state index contributed by atoms with van der Waals surface area (Å²) < 4.78 is 30.7. The topological polar surface area (TPSA) is 104 Å². The number of carboxylic acid groups (broad SMARTS) is 1. The lowest BCUT2D eigenvalue weighted by Crippen LogP contribution is -2.51. The molecule has 1 saturated heterocycles. The van der Waals surface area contributed by atoms with Gasteiger partial charge >= 0.3 is 5.97 Å². The first kappa shape index (κ1) is 20.2. The predicted molar refractivity (Wildman–Crippen MR) is 95.3 cm³/mol. The first-order valence-corrected chi connectivity index (χ1v) is 10.1. The number of aliphatic carboxylic acids is 1. The highest BCUT2D eigenvalue weighted by atomic mass is 32.2. The molecule has 9 heteroatoms. The lowest BCUT2D eigenvalue weighted by Gasteiger charge is -2.37. The summed E-state index contributed by atoms with van der Waals surface area (Å²) in [6.07, 6.45) is 0.813. The number of carbonyl (C=O) groups excluding carboxylic acids is 1. The van der Waals surface area contributed by atoms with E-state index in [2.05, 4.69) is 0 Å². The molecular weight excluding hydrogens is 360 g/mol. The molecule has 1 fully saturated rings. The van der Waals surface area contributed by atoms with E-state index in [1.54, 1.807) is 31.2 Å².